The van der Waals surface area contributed by atoms with Crippen molar-refractivity contribution in [3.8, 4) is 0 Å². The first-order valence-corrected chi connectivity index (χ1v) is 6.81. The highest BCUT2D eigenvalue weighted by Crippen LogP contribution is 2.16. The Labute approximate surface area is 116 Å². The zero-order chi connectivity index (χ0) is 13.7. The van der Waals surface area contributed by atoms with Crippen LogP contribution < -0.4 is 11.0 Å². The fraction of sp³-hybridized carbons (Fsp3) is 0.667. The first kappa shape index (κ1) is 15.3. The fourth-order valence-electron chi connectivity index (χ4n) is 1.66. The van der Waals surface area contributed by atoms with Crippen LogP contribution in [0.2, 0.25) is 0 Å². The summed E-state index contributed by atoms with van der Waals surface area (Å²) in [5, 5.41) is 3.31. The minimum Gasteiger partial charge on any atom is -0.314 e. The maximum Gasteiger partial charge on any atom is 0.348 e. The molecule has 1 N–H and O–H groups in total. The molecule has 0 spiro atoms. The Morgan fingerprint density at radius 1 is 1.33 bits per heavy atom. The van der Waals surface area contributed by atoms with Crippen LogP contribution in [0.4, 0.5) is 0 Å². The van der Waals surface area contributed by atoms with Crippen LogP contribution in [0.1, 0.15) is 11.4 Å². The molecule has 1 rings (SSSR count). The zero-order valence-electron chi connectivity index (χ0n) is 11.5. The van der Waals surface area contributed by atoms with Gasteiger partial charge in [0.05, 0.1) is 10.2 Å². The molecule has 0 bridgehead atoms. The molecule has 1 aromatic heterocycles. The normalized spacial score (nSPS) is 11.2. The molecule has 102 valence electrons. The van der Waals surface area contributed by atoms with E-state index in [1.165, 1.54) is 0 Å². The van der Waals surface area contributed by atoms with Gasteiger partial charge in [0, 0.05) is 31.9 Å². The maximum absolute atomic E-state index is 11.8. The fourth-order valence-corrected chi connectivity index (χ4v) is 1.96. The Morgan fingerprint density at radius 3 is 2.61 bits per heavy atom. The van der Waals surface area contributed by atoms with Crippen molar-refractivity contribution in [3.05, 3.63) is 26.3 Å². The first-order chi connectivity index (χ1) is 8.43. The summed E-state index contributed by atoms with van der Waals surface area (Å²) in [7, 11) is 4.08. The van der Waals surface area contributed by atoms with Gasteiger partial charge in [0.25, 0.3) is 0 Å². The lowest BCUT2D eigenvalue weighted by Crippen LogP contribution is -2.33. The molecule has 6 heteroatoms. The van der Waals surface area contributed by atoms with Crippen LogP contribution in [0.15, 0.2) is 9.27 Å². The molecular weight excluding hydrogens is 296 g/mol. The van der Waals surface area contributed by atoms with Crippen molar-refractivity contribution in [2.45, 2.75) is 20.4 Å². The number of hydrogen-bond acceptors (Lipinski definition) is 4. The molecule has 0 fully saturated rings. The van der Waals surface area contributed by atoms with E-state index in [2.05, 4.69) is 31.1 Å². The van der Waals surface area contributed by atoms with E-state index in [0.29, 0.717) is 6.54 Å². The summed E-state index contributed by atoms with van der Waals surface area (Å²) in [5.74, 6) is 0. The molecule has 0 saturated carbocycles. The van der Waals surface area contributed by atoms with E-state index >= 15 is 0 Å². The third kappa shape index (κ3) is 4.19. The second kappa shape index (κ2) is 7.01. The minimum atomic E-state index is -0.178. The number of rotatable bonds is 6. The molecule has 0 radical (unpaired) electrons. The highest BCUT2D eigenvalue weighted by Gasteiger charge is 2.08. The molecule has 0 aliphatic rings. The summed E-state index contributed by atoms with van der Waals surface area (Å²) in [6.07, 6.45) is 0. The monoisotopic (exact) mass is 316 g/mol. The van der Waals surface area contributed by atoms with Gasteiger partial charge in [0.15, 0.2) is 0 Å². The zero-order valence-corrected chi connectivity index (χ0v) is 13.0. The average Bonchev–Trinajstić information content (AvgIpc) is 2.29. The second-order valence-electron chi connectivity index (χ2n) is 4.58. The third-order valence-electron chi connectivity index (χ3n) is 2.78. The van der Waals surface area contributed by atoms with Crippen LogP contribution in [0.5, 0.6) is 0 Å². The van der Waals surface area contributed by atoms with Crippen LogP contribution in [0, 0.1) is 13.8 Å². The molecule has 0 aliphatic carbocycles. The minimum absolute atomic E-state index is 0.178. The summed E-state index contributed by atoms with van der Waals surface area (Å²) in [4.78, 5) is 17.9. The number of nitrogens with zero attached hydrogens (tertiary/aromatic N) is 3. The molecule has 1 heterocycles. The molecule has 0 unspecified atom stereocenters. The summed E-state index contributed by atoms with van der Waals surface area (Å²) >= 11 is 3.46. The van der Waals surface area contributed by atoms with E-state index in [4.69, 9.17) is 0 Å². The Balaban J connectivity index is 2.58. The van der Waals surface area contributed by atoms with Gasteiger partial charge in [-0.25, -0.2) is 4.79 Å². The van der Waals surface area contributed by atoms with Crippen molar-refractivity contribution in [2.24, 2.45) is 0 Å². The molecular formula is C12H21BrN4O. The quantitative estimate of drug-likeness (QED) is 0.788. The highest BCUT2D eigenvalue weighted by atomic mass is 79.9. The largest absolute Gasteiger partial charge is 0.348 e. The van der Waals surface area contributed by atoms with Gasteiger partial charge in [0.2, 0.25) is 0 Å². The van der Waals surface area contributed by atoms with Gasteiger partial charge in [-0.1, -0.05) is 0 Å². The lowest BCUT2D eigenvalue weighted by molar-refractivity contribution is 0.397. The lowest BCUT2D eigenvalue weighted by atomic mass is 10.3. The third-order valence-corrected chi connectivity index (χ3v) is 3.93. The van der Waals surface area contributed by atoms with Crippen molar-refractivity contribution < 1.29 is 0 Å². The van der Waals surface area contributed by atoms with Gasteiger partial charge < -0.3 is 10.2 Å². The Hall–Kier alpha value is -0.720. The van der Waals surface area contributed by atoms with Crippen LogP contribution in [-0.2, 0) is 6.54 Å². The van der Waals surface area contributed by atoms with Crippen LogP contribution in [0.25, 0.3) is 0 Å². The van der Waals surface area contributed by atoms with Crippen molar-refractivity contribution in [2.75, 3.05) is 33.7 Å². The van der Waals surface area contributed by atoms with Crippen molar-refractivity contribution >= 4 is 15.9 Å². The SMILES string of the molecule is Cc1nc(=O)n(CCNCCN(C)C)c(C)c1Br. The number of halogens is 1. The average molecular weight is 317 g/mol. The molecule has 0 amide bonds. The number of nitrogens with one attached hydrogen (secondary N) is 1. The predicted molar refractivity (Wildman–Crippen MR) is 77.1 cm³/mol. The summed E-state index contributed by atoms with van der Waals surface area (Å²) in [6.45, 7) is 7.08. The van der Waals surface area contributed by atoms with E-state index in [1.54, 1.807) is 4.57 Å². The van der Waals surface area contributed by atoms with Gasteiger partial charge in [-0.15, -0.1) is 0 Å². The number of aromatic nitrogens is 2. The number of aryl methyl sites for hydroxylation is 1. The van der Waals surface area contributed by atoms with Crippen molar-refractivity contribution in [3.63, 3.8) is 0 Å². The topological polar surface area (TPSA) is 50.2 Å². The van der Waals surface area contributed by atoms with Gasteiger partial charge in [-0.2, -0.15) is 4.98 Å². The van der Waals surface area contributed by atoms with E-state index in [-0.39, 0.29) is 5.69 Å². The number of likely N-dealkylation sites (N-methyl/N-ethyl adjacent to an activating group) is 1. The second-order valence-corrected chi connectivity index (χ2v) is 5.38. The smallest absolute Gasteiger partial charge is 0.314 e. The van der Waals surface area contributed by atoms with Gasteiger partial charge in [-0.3, -0.25) is 4.57 Å². The van der Waals surface area contributed by atoms with E-state index < -0.39 is 0 Å². The molecule has 5 nitrogen and oxygen atoms in total. The maximum atomic E-state index is 11.8. The molecule has 1 aromatic rings. The highest BCUT2D eigenvalue weighted by molar-refractivity contribution is 9.10. The summed E-state index contributed by atoms with van der Waals surface area (Å²) in [5.41, 5.74) is 1.50. The van der Waals surface area contributed by atoms with Crippen LogP contribution >= 0.6 is 15.9 Å². The van der Waals surface area contributed by atoms with E-state index in [9.17, 15) is 4.79 Å². The molecule has 18 heavy (non-hydrogen) atoms. The predicted octanol–water partition coefficient (Wildman–Crippen LogP) is 0.774. The molecule has 0 aromatic carbocycles. The van der Waals surface area contributed by atoms with Gasteiger partial charge in [-0.05, 0) is 43.9 Å². The first-order valence-electron chi connectivity index (χ1n) is 6.02. The Bertz CT molecular complexity index is 456. The number of hydrogen-bond donors (Lipinski definition) is 1. The van der Waals surface area contributed by atoms with Gasteiger partial charge in [0.1, 0.15) is 0 Å². The van der Waals surface area contributed by atoms with Crippen molar-refractivity contribution in [1.82, 2.24) is 19.8 Å². The molecule has 0 atom stereocenters. The summed E-state index contributed by atoms with van der Waals surface area (Å²) < 4.78 is 2.61. The van der Waals surface area contributed by atoms with Gasteiger partial charge >= 0.3 is 5.69 Å². The van der Waals surface area contributed by atoms with Crippen LogP contribution in [-0.4, -0.2) is 48.2 Å². The lowest BCUT2D eigenvalue weighted by Gasteiger charge is -2.13. The Morgan fingerprint density at radius 2 is 2.00 bits per heavy atom. The van der Waals surface area contributed by atoms with Crippen LogP contribution in [0.3, 0.4) is 0 Å². The molecule has 0 aliphatic heterocycles. The molecule has 0 saturated heterocycles. The Kier molecular flexibility index (Phi) is 5.98. The summed E-state index contributed by atoms with van der Waals surface area (Å²) in [6, 6.07) is 0. The standard InChI is InChI=1S/C12H21BrN4O/c1-9-11(13)10(2)17(12(18)15-9)8-6-14-5-7-16(3)4/h14H,5-8H2,1-4H3. The van der Waals surface area contributed by atoms with Crippen molar-refractivity contribution in [1.29, 1.82) is 0 Å². The van der Waals surface area contributed by atoms with E-state index in [0.717, 1.165) is 35.5 Å². The van der Waals surface area contributed by atoms with E-state index in [1.807, 2.05) is 27.9 Å².